The first-order valence-corrected chi connectivity index (χ1v) is 6.26. The molecular formula is C12H20N4O2. The molecule has 2 amide bonds. The van der Waals surface area contributed by atoms with Crippen molar-refractivity contribution in [3.8, 4) is 0 Å². The lowest BCUT2D eigenvalue weighted by Gasteiger charge is -2.20. The summed E-state index contributed by atoms with van der Waals surface area (Å²) in [4.78, 5) is 11.8. The highest BCUT2D eigenvalue weighted by molar-refractivity contribution is 5.88. The Morgan fingerprint density at radius 1 is 1.67 bits per heavy atom. The van der Waals surface area contributed by atoms with E-state index in [-0.39, 0.29) is 18.2 Å². The molecule has 1 aliphatic rings. The minimum atomic E-state index is -0.221. The second-order valence-electron chi connectivity index (χ2n) is 4.73. The summed E-state index contributed by atoms with van der Waals surface area (Å²) >= 11 is 0. The van der Waals surface area contributed by atoms with Crippen LogP contribution in [0.3, 0.4) is 0 Å². The molecule has 0 bridgehead atoms. The standard InChI is InChI=1S/C12H20N4O2/c1-8-7-11(16(3)15-8)14-12(17)13-9(2)10-5-4-6-18-10/h7,9-10H,4-6H2,1-3H3,(H2,13,14,17)/t9-,10-/m0/s1. The SMILES string of the molecule is Cc1cc(NC(=O)N[C@@H](C)[C@@H]2CCCO2)n(C)n1. The lowest BCUT2D eigenvalue weighted by atomic mass is 10.1. The fraction of sp³-hybridized carbons (Fsp3) is 0.667. The molecule has 0 spiro atoms. The highest BCUT2D eigenvalue weighted by Gasteiger charge is 2.23. The average Bonchev–Trinajstić information content (AvgIpc) is 2.89. The number of rotatable bonds is 3. The van der Waals surface area contributed by atoms with Crippen LogP contribution in [0.4, 0.5) is 10.6 Å². The highest BCUT2D eigenvalue weighted by Crippen LogP contribution is 2.15. The number of amides is 2. The number of aryl methyl sites for hydroxylation is 2. The molecule has 2 heterocycles. The van der Waals surface area contributed by atoms with E-state index in [1.807, 2.05) is 19.9 Å². The smallest absolute Gasteiger partial charge is 0.320 e. The Bertz CT molecular complexity index is 424. The molecule has 1 saturated heterocycles. The van der Waals surface area contributed by atoms with E-state index in [9.17, 15) is 4.79 Å². The van der Waals surface area contributed by atoms with Gasteiger partial charge in [0.15, 0.2) is 0 Å². The Labute approximate surface area is 107 Å². The van der Waals surface area contributed by atoms with E-state index in [4.69, 9.17) is 4.74 Å². The number of carbonyl (C=O) groups excluding carboxylic acids is 1. The molecule has 100 valence electrons. The van der Waals surface area contributed by atoms with Gasteiger partial charge in [-0.05, 0) is 26.7 Å². The van der Waals surface area contributed by atoms with Crippen LogP contribution in [0.15, 0.2) is 6.07 Å². The van der Waals surface area contributed by atoms with Gasteiger partial charge in [-0.3, -0.25) is 10.00 Å². The summed E-state index contributed by atoms with van der Waals surface area (Å²) in [7, 11) is 1.80. The average molecular weight is 252 g/mol. The predicted molar refractivity (Wildman–Crippen MR) is 68.5 cm³/mol. The molecular weight excluding hydrogens is 232 g/mol. The molecule has 1 aromatic rings. The van der Waals surface area contributed by atoms with Crippen LogP contribution in [0, 0.1) is 6.92 Å². The van der Waals surface area contributed by atoms with Crippen LogP contribution in [0.2, 0.25) is 0 Å². The van der Waals surface area contributed by atoms with Crippen molar-refractivity contribution in [2.75, 3.05) is 11.9 Å². The Morgan fingerprint density at radius 3 is 3.00 bits per heavy atom. The minimum absolute atomic E-state index is 0.0156. The van der Waals surface area contributed by atoms with Gasteiger partial charge in [0, 0.05) is 19.7 Å². The fourth-order valence-corrected chi connectivity index (χ4v) is 2.18. The number of ether oxygens (including phenoxy) is 1. The Hall–Kier alpha value is -1.56. The second kappa shape index (κ2) is 5.39. The Kier molecular flexibility index (Phi) is 3.86. The minimum Gasteiger partial charge on any atom is -0.376 e. The van der Waals surface area contributed by atoms with Crippen molar-refractivity contribution >= 4 is 11.8 Å². The van der Waals surface area contributed by atoms with E-state index < -0.39 is 0 Å². The molecule has 6 heteroatoms. The van der Waals surface area contributed by atoms with Gasteiger partial charge < -0.3 is 10.1 Å². The van der Waals surface area contributed by atoms with Crippen LogP contribution in [-0.4, -0.2) is 34.6 Å². The first kappa shape index (κ1) is 12.9. The van der Waals surface area contributed by atoms with Gasteiger partial charge in [-0.15, -0.1) is 0 Å². The molecule has 2 rings (SSSR count). The van der Waals surface area contributed by atoms with Gasteiger partial charge in [0.25, 0.3) is 0 Å². The van der Waals surface area contributed by atoms with Gasteiger partial charge in [-0.1, -0.05) is 0 Å². The molecule has 0 aliphatic carbocycles. The Morgan fingerprint density at radius 2 is 2.44 bits per heavy atom. The summed E-state index contributed by atoms with van der Waals surface area (Å²) in [5, 5.41) is 9.84. The number of aromatic nitrogens is 2. The molecule has 6 nitrogen and oxygen atoms in total. The van der Waals surface area contributed by atoms with Crippen LogP contribution in [0.25, 0.3) is 0 Å². The van der Waals surface area contributed by atoms with Crippen LogP contribution >= 0.6 is 0 Å². The molecule has 0 unspecified atom stereocenters. The number of anilines is 1. The number of carbonyl (C=O) groups is 1. The van der Waals surface area contributed by atoms with E-state index >= 15 is 0 Å². The van der Waals surface area contributed by atoms with Crippen LogP contribution in [0.1, 0.15) is 25.5 Å². The van der Waals surface area contributed by atoms with Crippen molar-refractivity contribution < 1.29 is 9.53 Å². The van der Waals surface area contributed by atoms with Gasteiger partial charge in [-0.2, -0.15) is 5.10 Å². The number of nitrogens with zero attached hydrogens (tertiary/aromatic N) is 2. The summed E-state index contributed by atoms with van der Waals surface area (Å²) in [5.74, 6) is 0.685. The van der Waals surface area contributed by atoms with Gasteiger partial charge in [-0.25, -0.2) is 4.79 Å². The molecule has 1 aliphatic heterocycles. The largest absolute Gasteiger partial charge is 0.376 e. The van der Waals surface area contributed by atoms with E-state index in [1.54, 1.807) is 11.7 Å². The number of nitrogens with one attached hydrogen (secondary N) is 2. The maximum Gasteiger partial charge on any atom is 0.320 e. The second-order valence-corrected chi connectivity index (χ2v) is 4.73. The van der Waals surface area contributed by atoms with E-state index in [0.29, 0.717) is 5.82 Å². The van der Waals surface area contributed by atoms with Crippen LogP contribution < -0.4 is 10.6 Å². The normalized spacial score (nSPS) is 20.7. The monoisotopic (exact) mass is 252 g/mol. The quantitative estimate of drug-likeness (QED) is 0.854. The molecule has 2 atom stereocenters. The molecule has 0 aromatic carbocycles. The molecule has 1 fully saturated rings. The van der Waals surface area contributed by atoms with Crippen molar-refractivity contribution in [1.82, 2.24) is 15.1 Å². The van der Waals surface area contributed by atoms with Crippen molar-refractivity contribution in [3.05, 3.63) is 11.8 Å². The maximum absolute atomic E-state index is 11.8. The van der Waals surface area contributed by atoms with E-state index in [2.05, 4.69) is 15.7 Å². The van der Waals surface area contributed by atoms with Crippen LogP contribution in [0.5, 0.6) is 0 Å². The van der Waals surface area contributed by atoms with Gasteiger partial charge in [0.1, 0.15) is 5.82 Å². The van der Waals surface area contributed by atoms with E-state index in [0.717, 1.165) is 25.1 Å². The zero-order chi connectivity index (χ0) is 13.1. The zero-order valence-electron chi connectivity index (χ0n) is 11.1. The maximum atomic E-state index is 11.8. The van der Waals surface area contributed by atoms with Crippen molar-refractivity contribution in [1.29, 1.82) is 0 Å². The number of hydrogen-bond acceptors (Lipinski definition) is 3. The summed E-state index contributed by atoms with van der Waals surface area (Å²) in [6.45, 7) is 4.64. The summed E-state index contributed by atoms with van der Waals surface area (Å²) in [6, 6.07) is 1.62. The zero-order valence-corrected chi connectivity index (χ0v) is 11.1. The third-order valence-electron chi connectivity index (χ3n) is 3.12. The molecule has 1 aromatic heterocycles. The van der Waals surface area contributed by atoms with E-state index in [1.165, 1.54) is 0 Å². The molecule has 18 heavy (non-hydrogen) atoms. The van der Waals surface area contributed by atoms with Crippen molar-refractivity contribution in [3.63, 3.8) is 0 Å². The molecule has 2 N–H and O–H groups in total. The van der Waals surface area contributed by atoms with Crippen molar-refractivity contribution in [2.45, 2.75) is 38.8 Å². The first-order chi connectivity index (χ1) is 8.56. The van der Waals surface area contributed by atoms with Gasteiger partial charge in [0.05, 0.1) is 17.8 Å². The Balaban J connectivity index is 1.86. The third kappa shape index (κ3) is 3.01. The molecule has 0 saturated carbocycles. The van der Waals surface area contributed by atoms with Gasteiger partial charge in [0.2, 0.25) is 0 Å². The first-order valence-electron chi connectivity index (χ1n) is 6.26. The highest BCUT2D eigenvalue weighted by atomic mass is 16.5. The van der Waals surface area contributed by atoms with Gasteiger partial charge >= 0.3 is 6.03 Å². The van der Waals surface area contributed by atoms with Crippen LogP contribution in [-0.2, 0) is 11.8 Å². The summed E-state index contributed by atoms with van der Waals surface area (Å²) < 4.78 is 7.18. The predicted octanol–water partition coefficient (Wildman–Crippen LogP) is 1.42. The lowest BCUT2D eigenvalue weighted by Crippen LogP contribution is -2.43. The number of urea groups is 1. The third-order valence-corrected chi connectivity index (χ3v) is 3.12. The topological polar surface area (TPSA) is 68.2 Å². The molecule has 0 radical (unpaired) electrons. The van der Waals surface area contributed by atoms with Crippen molar-refractivity contribution in [2.24, 2.45) is 7.05 Å². The fourth-order valence-electron chi connectivity index (χ4n) is 2.18. The number of hydrogen-bond donors (Lipinski definition) is 2. The lowest BCUT2D eigenvalue weighted by molar-refractivity contribution is 0.0868. The summed E-state index contributed by atoms with van der Waals surface area (Å²) in [6.07, 6.45) is 2.20. The summed E-state index contributed by atoms with van der Waals surface area (Å²) in [5.41, 5.74) is 0.875.